The van der Waals surface area contributed by atoms with Gasteiger partial charge in [0.15, 0.2) is 0 Å². The molecule has 0 bridgehead atoms. The summed E-state index contributed by atoms with van der Waals surface area (Å²) in [4.78, 5) is 2.42. The molecule has 1 aliphatic heterocycles. The van der Waals surface area contributed by atoms with Gasteiger partial charge in [0, 0.05) is 6.54 Å². The lowest BCUT2D eigenvalue weighted by Gasteiger charge is -2.26. The molecule has 1 aromatic heterocycles. The number of aryl methyl sites for hydroxylation is 1. The number of nitrogens with one attached hydrogen (secondary N) is 1. The van der Waals surface area contributed by atoms with Crippen molar-refractivity contribution in [3.05, 3.63) is 47.9 Å². The van der Waals surface area contributed by atoms with Crippen LogP contribution in [0.1, 0.15) is 30.2 Å². The lowest BCUT2D eigenvalue weighted by Crippen LogP contribution is -2.36. The molecule has 0 saturated carbocycles. The van der Waals surface area contributed by atoms with Gasteiger partial charge in [-0.25, -0.2) is 13.1 Å². The molecule has 0 radical (unpaired) electrons. The molecular formula is C18H24N2O4S. The first kappa shape index (κ1) is 18.0. The molecule has 2 heterocycles. The van der Waals surface area contributed by atoms with Gasteiger partial charge in [-0.3, -0.25) is 4.90 Å². The highest BCUT2D eigenvalue weighted by Crippen LogP contribution is 2.27. The Balaban J connectivity index is 1.81. The van der Waals surface area contributed by atoms with Crippen LogP contribution in [0.4, 0.5) is 0 Å². The highest BCUT2D eigenvalue weighted by atomic mass is 32.2. The maximum Gasteiger partial charge on any atom is 0.244 e. The van der Waals surface area contributed by atoms with Crippen LogP contribution in [0, 0.1) is 6.92 Å². The molecule has 136 valence electrons. The molecule has 0 spiro atoms. The van der Waals surface area contributed by atoms with Crippen molar-refractivity contribution in [3.8, 4) is 5.75 Å². The third-order valence-corrected chi connectivity index (χ3v) is 5.97. The lowest BCUT2D eigenvalue weighted by molar-refractivity contribution is 0.216. The van der Waals surface area contributed by atoms with Crippen molar-refractivity contribution in [2.24, 2.45) is 0 Å². The molecule has 7 heteroatoms. The van der Waals surface area contributed by atoms with E-state index in [1.54, 1.807) is 18.4 Å². The molecule has 1 aliphatic rings. The Morgan fingerprint density at radius 2 is 2.04 bits per heavy atom. The van der Waals surface area contributed by atoms with Crippen molar-refractivity contribution in [3.63, 3.8) is 0 Å². The van der Waals surface area contributed by atoms with Crippen molar-refractivity contribution in [1.29, 1.82) is 0 Å². The molecule has 0 amide bonds. The second-order valence-electron chi connectivity index (χ2n) is 6.28. The van der Waals surface area contributed by atoms with Gasteiger partial charge in [0.1, 0.15) is 16.4 Å². The number of likely N-dealkylation sites (tertiary alicyclic amines) is 1. The summed E-state index contributed by atoms with van der Waals surface area (Å²) in [5.74, 6) is 1.12. The summed E-state index contributed by atoms with van der Waals surface area (Å²) < 4.78 is 39.1. The van der Waals surface area contributed by atoms with Gasteiger partial charge < -0.3 is 9.15 Å². The molecule has 1 aromatic carbocycles. The topological polar surface area (TPSA) is 71.8 Å². The fourth-order valence-electron chi connectivity index (χ4n) is 3.20. The van der Waals surface area contributed by atoms with E-state index in [4.69, 9.17) is 9.15 Å². The number of nitrogens with zero attached hydrogens (tertiary/aromatic N) is 1. The number of hydrogen-bond donors (Lipinski definition) is 1. The molecule has 1 unspecified atom stereocenters. The third kappa shape index (κ3) is 4.05. The van der Waals surface area contributed by atoms with Crippen molar-refractivity contribution in [1.82, 2.24) is 9.62 Å². The molecule has 1 atom stereocenters. The number of rotatable bonds is 7. The van der Waals surface area contributed by atoms with Crippen LogP contribution in [0.3, 0.4) is 0 Å². The fraction of sp³-hybridized carbons (Fsp3) is 0.444. The Labute approximate surface area is 148 Å². The average molecular weight is 364 g/mol. The van der Waals surface area contributed by atoms with E-state index in [2.05, 4.69) is 9.62 Å². The summed E-state index contributed by atoms with van der Waals surface area (Å²) in [6.45, 7) is 4.00. The largest absolute Gasteiger partial charge is 0.495 e. The highest BCUT2D eigenvalue weighted by molar-refractivity contribution is 7.89. The average Bonchev–Trinajstić information content (AvgIpc) is 3.29. The summed E-state index contributed by atoms with van der Waals surface area (Å²) in [5.41, 5.74) is 0.864. The standard InChI is InChI=1S/C18H24N2O4S/c1-14-7-8-17(23-2)18(12-14)25(21,22)19-13-15(16-6-5-11-24-16)20-9-3-4-10-20/h5-8,11-12,15,19H,3-4,9-10,13H2,1-2H3. The van der Waals surface area contributed by atoms with Crippen LogP contribution in [-0.2, 0) is 10.0 Å². The Hall–Kier alpha value is -1.83. The summed E-state index contributed by atoms with van der Waals surface area (Å²) in [5, 5.41) is 0. The highest BCUT2D eigenvalue weighted by Gasteiger charge is 2.28. The van der Waals surface area contributed by atoms with Gasteiger partial charge in [0.25, 0.3) is 0 Å². The van der Waals surface area contributed by atoms with Crippen molar-refractivity contribution in [2.45, 2.75) is 30.7 Å². The normalized spacial score (nSPS) is 16.9. The van der Waals surface area contributed by atoms with Crippen LogP contribution in [0.5, 0.6) is 5.75 Å². The summed E-state index contributed by atoms with van der Waals surface area (Å²) in [6, 6.07) is 8.74. The Kier molecular flexibility index (Phi) is 5.46. The number of furan rings is 1. The van der Waals surface area contributed by atoms with E-state index in [9.17, 15) is 8.42 Å². The molecule has 6 nitrogen and oxygen atoms in total. The summed E-state index contributed by atoms with van der Waals surface area (Å²) in [6.07, 6.45) is 3.86. The monoisotopic (exact) mass is 364 g/mol. The summed E-state index contributed by atoms with van der Waals surface area (Å²) in [7, 11) is -2.21. The van der Waals surface area contributed by atoms with Gasteiger partial charge in [-0.15, -0.1) is 0 Å². The van der Waals surface area contributed by atoms with E-state index in [1.807, 2.05) is 25.1 Å². The minimum atomic E-state index is -3.68. The number of methoxy groups -OCH3 is 1. The van der Waals surface area contributed by atoms with Crippen LogP contribution in [0.25, 0.3) is 0 Å². The minimum absolute atomic E-state index is 0.108. The number of ether oxygens (including phenoxy) is 1. The van der Waals surface area contributed by atoms with E-state index in [0.717, 1.165) is 37.3 Å². The van der Waals surface area contributed by atoms with Crippen LogP contribution >= 0.6 is 0 Å². The number of sulfonamides is 1. The molecular weight excluding hydrogens is 340 g/mol. The van der Waals surface area contributed by atoms with E-state index in [-0.39, 0.29) is 17.5 Å². The molecule has 1 fully saturated rings. The zero-order chi connectivity index (χ0) is 17.9. The quantitative estimate of drug-likeness (QED) is 0.818. The number of hydrogen-bond acceptors (Lipinski definition) is 5. The van der Waals surface area contributed by atoms with Crippen LogP contribution in [0.15, 0.2) is 45.9 Å². The molecule has 25 heavy (non-hydrogen) atoms. The first-order valence-corrected chi connectivity index (χ1v) is 9.91. The lowest BCUT2D eigenvalue weighted by atomic mass is 10.2. The molecule has 2 aromatic rings. The molecule has 0 aliphatic carbocycles. The van der Waals surface area contributed by atoms with Gasteiger partial charge in [0.2, 0.25) is 10.0 Å². The second kappa shape index (κ2) is 7.59. The summed E-state index contributed by atoms with van der Waals surface area (Å²) >= 11 is 0. The zero-order valence-electron chi connectivity index (χ0n) is 14.6. The predicted octanol–water partition coefficient (Wildman–Crippen LogP) is 2.71. The number of benzene rings is 1. The maximum atomic E-state index is 12.8. The molecule has 3 rings (SSSR count). The van der Waals surface area contributed by atoms with E-state index in [0.29, 0.717) is 5.75 Å². The Morgan fingerprint density at radius 3 is 2.68 bits per heavy atom. The first-order valence-electron chi connectivity index (χ1n) is 8.43. The smallest absolute Gasteiger partial charge is 0.244 e. The van der Waals surface area contributed by atoms with Gasteiger partial charge in [-0.1, -0.05) is 6.07 Å². The Morgan fingerprint density at radius 1 is 1.28 bits per heavy atom. The fourth-order valence-corrected chi connectivity index (χ4v) is 4.49. The predicted molar refractivity (Wildman–Crippen MR) is 95.2 cm³/mol. The van der Waals surface area contributed by atoms with E-state index >= 15 is 0 Å². The molecule has 1 N–H and O–H groups in total. The van der Waals surface area contributed by atoms with Crippen LogP contribution in [-0.4, -0.2) is 40.1 Å². The zero-order valence-corrected chi connectivity index (χ0v) is 15.4. The van der Waals surface area contributed by atoms with Gasteiger partial charge >= 0.3 is 0 Å². The van der Waals surface area contributed by atoms with E-state index < -0.39 is 10.0 Å². The van der Waals surface area contributed by atoms with Gasteiger partial charge in [0.05, 0.1) is 19.4 Å². The van der Waals surface area contributed by atoms with E-state index in [1.165, 1.54) is 7.11 Å². The second-order valence-corrected chi connectivity index (χ2v) is 8.02. The van der Waals surface area contributed by atoms with Crippen molar-refractivity contribution >= 4 is 10.0 Å². The minimum Gasteiger partial charge on any atom is -0.495 e. The van der Waals surface area contributed by atoms with Crippen LogP contribution in [0.2, 0.25) is 0 Å². The van der Waals surface area contributed by atoms with Gasteiger partial charge in [-0.05, 0) is 62.7 Å². The van der Waals surface area contributed by atoms with Crippen molar-refractivity contribution < 1.29 is 17.6 Å². The molecule has 1 saturated heterocycles. The Bertz CT molecular complexity index is 796. The SMILES string of the molecule is COc1ccc(C)cc1S(=O)(=O)NCC(c1ccco1)N1CCCC1. The van der Waals surface area contributed by atoms with Crippen molar-refractivity contribution in [2.75, 3.05) is 26.7 Å². The van der Waals surface area contributed by atoms with Gasteiger partial charge in [-0.2, -0.15) is 0 Å². The maximum absolute atomic E-state index is 12.8. The first-order chi connectivity index (χ1) is 12.0. The van der Waals surface area contributed by atoms with Crippen LogP contribution < -0.4 is 9.46 Å². The third-order valence-electron chi connectivity index (χ3n) is 4.53.